The van der Waals surface area contributed by atoms with E-state index in [-0.39, 0.29) is 22.9 Å². The van der Waals surface area contributed by atoms with E-state index < -0.39 is 0 Å². The normalized spacial score (nSPS) is 12.6. The van der Waals surface area contributed by atoms with Crippen molar-refractivity contribution < 1.29 is 23.8 Å². The molecular formula is C24H18NO7-. The highest BCUT2D eigenvalue weighted by molar-refractivity contribution is 5.83. The third-order valence-corrected chi connectivity index (χ3v) is 5.16. The van der Waals surface area contributed by atoms with Gasteiger partial charge in [0, 0.05) is 6.07 Å². The van der Waals surface area contributed by atoms with Crippen LogP contribution in [0.15, 0.2) is 76.1 Å². The Morgan fingerprint density at radius 2 is 1.75 bits per heavy atom. The molecule has 32 heavy (non-hydrogen) atoms. The van der Waals surface area contributed by atoms with Gasteiger partial charge >= 0.3 is 0 Å². The van der Waals surface area contributed by atoms with Crippen molar-refractivity contribution in [2.45, 2.75) is 6.61 Å². The molecule has 0 saturated heterocycles. The zero-order valence-electron chi connectivity index (χ0n) is 16.8. The molecule has 162 valence electrons. The molecule has 2 heterocycles. The molecule has 8 heteroatoms. The van der Waals surface area contributed by atoms with E-state index in [1.54, 1.807) is 48.5 Å². The van der Waals surface area contributed by atoms with Crippen LogP contribution < -0.4 is 24.9 Å². The predicted molar refractivity (Wildman–Crippen MR) is 117 cm³/mol. The van der Waals surface area contributed by atoms with Crippen molar-refractivity contribution in [3.63, 3.8) is 0 Å². The minimum Gasteiger partial charge on any atom is -0.733 e. The van der Waals surface area contributed by atoms with Gasteiger partial charge in [0.05, 0.1) is 16.6 Å². The van der Waals surface area contributed by atoms with Crippen molar-refractivity contribution in [2.24, 2.45) is 0 Å². The molecule has 0 amide bonds. The Morgan fingerprint density at radius 3 is 2.53 bits per heavy atom. The number of anilines is 1. The lowest BCUT2D eigenvalue weighted by molar-refractivity contribution is 0.171. The molecule has 1 aliphatic rings. The highest BCUT2D eigenvalue weighted by Crippen LogP contribution is 2.34. The molecule has 5 rings (SSSR count). The largest absolute Gasteiger partial charge is 0.733 e. The standard InChI is InChI=1S/C24H18NO7/c26-24-19-7-6-18(31-13-15-1-4-17(5-2-15)25(27)28)12-22(19)32-14-20(24)16-3-8-21-23(11-16)30-10-9-29-21/h1-8,11-12,14,27H,9-10,13H2/q-1. The summed E-state index contributed by atoms with van der Waals surface area (Å²) >= 11 is 0. The third-order valence-electron chi connectivity index (χ3n) is 5.16. The summed E-state index contributed by atoms with van der Waals surface area (Å²) in [7, 11) is 0. The average molecular weight is 432 g/mol. The van der Waals surface area contributed by atoms with Gasteiger partial charge in [0.1, 0.15) is 37.4 Å². The summed E-state index contributed by atoms with van der Waals surface area (Å²) in [5.74, 6) is 1.79. The summed E-state index contributed by atoms with van der Waals surface area (Å²) in [5, 5.41) is 20.0. The van der Waals surface area contributed by atoms with Crippen molar-refractivity contribution in [2.75, 3.05) is 18.4 Å². The number of fused-ring (bicyclic) bond motifs is 2. The molecule has 1 aromatic heterocycles. The Hall–Kier alpha value is -4.01. The van der Waals surface area contributed by atoms with Gasteiger partial charge in [-0.3, -0.25) is 10.0 Å². The zero-order chi connectivity index (χ0) is 22.1. The Kier molecular flexibility index (Phi) is 5.14. The van der Waals surface area contributed by atoms with E-state index in [1.165, 1.54) is 18.4 Å². The topological polar surface area (TPSA) is 104 Å². The number of nitrogens with zero attached hydrogens (tertiary/aromatic N) is 1. The van der Waals surface area contributed by atoms with Crippen LogP contribution >= 0.6 is 0 Å². The molecule has 0 unspecified atom stereocenters. The molecule has 1 aliphatic heterocycles. The van der Waals surface area contributed by atoms with Crippen LogP contribution in [0.25, 0.3) is 22.1 Å². The van der Waals surface area contributed by atoms with Gasteiger partial charge in [-0.05, 0) is 47.5 Å². The van der Waals surface area contributed by atoms with Gasteiger partial charge in [0.2, 0.25) is 0 Å². The number of hydrogen-bond donors (Lipinski definition) is 1. The number of rotatable bonds is 5. The Labute approximate surface area is 182 Å². The molecule has 0 bridgehead atoms. The van der Waals surface area contributed by atoms with Gasteiger partial charge in [-0.2, -0.15) is 0 Å². The molecular weight excluding hydrogens is 414 g/mol. The number of hydrogen-bond acceptors (Lipinski definition) is 8. The maximum atomic E-state index is 13.1. The summed E-state index contributed by atoms with van der Waals surface area (Å²) in [6.45, 7) is 1.21. The van der Waals surface area contributed by atoms with Crippen molar-refractivity contribution in [1.82, 2.24) is 0 Å². The second kappa shape index (κ2) is 8.26. The second-order valence-electron chi connectivity index (χ2n) is 7.22. The van der Waals surface area contributed by atoms with E-state index in [0.29, 0.717) is 52.6 Å². The first-order chi connectivity index (χ1) is 15.6. The Morgan fingerprint density at radius 1 is 0.969 bits per heavy atom. The van der Waals surface area contributed by atoms with Crippen LogP contribution in [0.1, 0.15) is 5.56 Å². The first-order valence-corrected chi connectivity index (χ1v) is 9.92. The number of benzene rings is 3. The van der Waals surface area contributed by atoms with E-state index in [2.05, 4.69) is 0 Å². The minimum atomic E-state index is -0.199. The van der Waals surface area contributed by atoms with Crippen molar-refractivity contribution in [1.29, 1.82) is 0 Å². The Bertz CT molecular complexity index is 1330. The molecule has 8 nitrogen and oxygen atoms in total. The highest BCUT2D eigenvalue weighted by Gasteiger charge is 2.15. The first kappa shape index (κ1) is 19.9. The fraction of sp³-hybridized carbons (Fsp3) is 0.125. The van der Waals surface area contributed by atoms with Gasteiger partial charge in [-0.25, -0.2) is 0 Å². The first-order valence-electron chi connectivity index (χ1n) is 9.92. The van der Waals surface area contributed by atoms with Gasteiger partial charge in [-0.15, -0.1) is 0 Å². The van der Waals surface area contributed by atoms with Crippen molar-refractivity contribution >= 4 is 16.7 Å². The molecule has 0 fully saturated rings. The summed E-state index contributed by atoms with van der Waals surface area (Å²) in [4.78, 5) is 13.1. The fourth-order valence-electron chi connectivity index (χ4n) is 3.49. The van der Waals surface area contributed by atoms with E-state index in [1.807, 2.05) is 0 Å². The smallest absolute Gasteiger partial charge is 0.200 e. The summed E-state index contributed by atoms with van der Waals surface area (Å²) < 4.78 is 22.6. The SMILES string of the molecule is O=c1c(-c2ccc3c(c2)OCCO3)coc2cc(OCc3ccc(N([O-])O)cc3)ccc12. The van der Waals surface area contributed by atoms with E-state index >= 15 is 0 Å². The second-order valence-corrected chi connectivity index (χ2v) is 7.22. The lowest BCUT2D eigenvalue weighted by Crippen LogP contribution is -2.15. The maximum Gasteiger partial charge on any atom is 0.200 e. The lowest BCUT2D eigenvalue weighted by atomic mass is 10.0. The van der Waals surface area contributed by atoms with Crippen LogP contribution in [0.5, 0.6) is 17.2 Å². The van der Waals surface area contributed by atoms with E-state index in [4.69, 9.17) is 23.8 Å². The Balaban J connectivity index is 1.38. The van der Waals surface area contributed by atoms with Crippen LogP contribution in [0.3, 0.4) is 0 Å². The molecule has 1 N–H and O–H groups in total. The molecule has 3 aromatic carbocycles. The summed E-state index contributed by atoms with van der Waals surface area (Å²) in [6, 6.07) is 16.7. The van der Waals surface area contributed by atoms with Gasteiger partial charge in [-0.1, -0.05) is 18.2 Å². The van der Waals surface area contributed by atoms with E-state index in [9.17, 15) is 10.0 Å². The molecule has 4 aromatic rings. The van der Waals surface area contributed by atoms with Crippen molar-refractivity contribution in [3.05, 3.63) is 87.9 Å². The van der Waals surface area contributed by atoms with Crippen LogP contribution in [0.4, 0.5) is 5.69 Å². The third kappa shape index (κ3) is 3.84. The van der Waals surface area contributed by atoms with Crippen LogP contribution in [0.2, 0.25) is 0 Å². The quantitative estimate of drug-likeness (QED) is 0.460. The van der Waals surface area contributed by atoms with Crippen LogP contribution in [0, 0.1) is 5.21 Å². The lowest BCUT2D eigenvalue weighted by Gasteiger charge is -2.21. The molecule has 0 radical (unpaired) electrons. The van der Waals surface area contributed by atoms with Gasteiger partial charge in [0.15, 0.2) is 16.9 Å². The summed E-state index contributed by atoms with van der Waals surface area (Å²) in [6.07, 6.45) is 1.43. The zero-order valence-corrected chi connectivity index (χ0v) is 16.8. The van der Waals surface area contributed by atoms with E-state index in [0.717, 1.165) is 5.56 Å². The molecule has 0 saturated carbocycles. The number of ether oxygens (including phenoxy) is 3. The molecule has 0 atom stereocenters. The predicted octanol–water partition coefficient (Wildman–Crippen LogP) is 4.50. The fourth-order valence-corrected chi connectivity index (χ4v) is 3.49. The van der Waals surface area contributed by atoms with Crippen LogP contribution in [-0.2, 0) is 6.61 Å². The highest BCUT2D eigenvalue weighted by atomic mass is 16.8. The molecule has 0 spiro atoms. The average Bonchev–Trinajstić information content (AvgIpc) is 2.83. The minimum absolute atomic E-state index is 0.134. The maximum absolute atomic E-state index is 13.1. The van der Waals surface area contributed by atoms with Crippen LogP contribution in [-0.4, -0.2) is 18.4 Å². The summed E-state index contributed by atoms with van der Waals surface area (Å²) in [5.41, 5.74) is 2.32. The monoisotopic (exact) mass is 432 g/mol. The van der Waals surface area contributed by atoms with Gasteiger partial charge in [0.25, 0.3) is 0 Å². The van der Waals surface area contributed by atoms with Gasteiger partial charge < -0.3 is 29.1 Å². The van der Waals surface area contributed by atoms with Crippen molar-refractivity contribution in [3.8, 4) is 28.4 Å². The molecule has 0 aliphatic carbocycles.